The summed E-state index contributed by atoms with van der Waals surface area (Å²) < 4.78 is 5.59. The molecule has 0 aromatic heterocycles. The van der Waals surface area contributed by atoms with Crippen LogP contribution in [0.4, 0.5) is 5.69 Å². The van der Waals surface area contributed by atoms with Crippen LogP contribution in [0.5, 0.6) is 5.75 Å². The maximum absolute atomic E-state index is 12.2. The van der Waals surface area contributed by atoms with E-state index in [0.29, 0.717) is 22.6 Å². The Morgan fingerprint density at radius 1 is 0.917 bits per heavy atom. The molecule has 124 valence electrons. The zero-order valence-corrected chi connectivity index (χ0v) is 13.8. The molecular weight excluding hydrogens is 306 g/mol. The highest BCUT2D eigenvalue weighted by Crippen LogP contribution is 2.17. The van der Waals surface area contributed by atoms with E-state index in [2.05, 4.69) is 5.32 Å². The monoisotopic (exact) mass is 325 g/mol. The van der Waals surface area contributed by atoms with Crippen LogP contribution in [0.25, 0.3) is 0 Å². The summed E-state index contributed by atoms with van der Waals surface area (Å²) in [5.74, 6) is -0.0400. The fourth-order valence-electron chi connectivity index (χ4n) is 2.11. The predicted molar refractivity (Wildman–Crippen MR) is 91.6 cm³/mol. The van der Waals surface area contributed by atoms with E-state index in [1.54, 1.807) is 55.5 Å². The van der Waals surface area contributed by atoms with Crippen molar-refractivity contribution in [2.45, 2.75) is 26.9 Å². The Bertz CT molecular complexity index is 782. The zero-order valence-electron chi connectivity index (χ0n) is 13.8. The summed E-state index contributed by atoms with van der Waals surface area (Å²) in [4.78, 5) is 35.0. The summed E-state index contributed by atoms with van der Waals surface area (Å²) in [5, 5.41) is 2.71. The molecule has 1 N–H and O–H groups in total. The minimum Gasteiger partial charge on any atom is -0.481 e. The van der Waals surface area contributed by atoms with Gasteiger partial charge in [0.25, 0.3) is 5.91 Å². The quantitative estimate of drug-likeness (QED) is 0.825. The molecule has 0 aliphatic heterocycles. The molecule has 0 spiro atoms. The van der Waals surface area contributed by atoms with Crippen LogP contribution in [0.1, 0.15) is 41.5 Å². The molecule has 24 heavy (non-hydrogen) atoms. The Balaban J connectivity index is 2.04. The maximum atomic E-state index is 12.2. The van der Waals surface area contributed by atoms with Crippen LogP contribution in [-0.2, 0) is 4.79 Å². The van der Waals surface area contributed by atoms with Crippen molar-refractivity contribution in [1.29, 1.82) is 0 Å². The van der Waals surface area contributed by atoms with Gasteiger partial charge in [-0.05, 0) is 45.0 Å². The molecule has 0 heterocycles. The second-order valence-corrected chi connectivity index (χ2v) is 5.47. The smallest absolute Gasteiger partial charge is 0.265 e. The van der Waals surface area contributed by atoms with Crippen molar-refractivity contribution in [2.24, 2.45) is 0 Å². The Hall–Kier alpha value is -2.95. The van der Waals surface area contributed by atoms with Crippen molar-refractivity contribution in [3.8, 4) is 5.75 Å². The van der Waals surface area contributed by atoms with Crippen LogP contribution in [-0.4, -0.2) is 23.6 Å². The summed E-state index contributed by atoms with van der Waals surface area (Å²) in [5.41, 5.74) is 1.57. The third-order valence-corrected chi connectivity index (χ3v) is 3.46. The van der Waals surface area contributed by atoms with Gasteiger partial charge in [0.15, 0.2) is 17.7 Å². The summed E-state index contributed by atoms with van der Waals surface area (Å²) in [6.45, 7) is 4.55. The average molecular weight is 325 g/mol. The van der Waals surface area contributed by atoms with E-state index < -0.39 is 6.10 Å². The van der Waals surface area contributed by atoms with Gasteiger partial charge in [-0.15, -0.1) is 0 Å². The van der Waals surface area contributed by atoms with Crippen molar-refractivity contribution in [2.75, 3.05) is 5.32 Å². The predicted octanol–water partition coefficient (Wildman–Crippen LogP) is 3.50. The fraction of sp³-hybridized carbons (Fsp3) is 0.211. The molecule has 0 saturated carbocycles. The number of rotatable bonds is 6. The van der Waals surface area contributed by atoms with Crippen molar-refractivity contribution < 1.29 is 19.1 Å². The SMILES string of the molecule is CC(=O)c1cccc(NC(=O)[C@@H](C)Oc2cccc(C(C)=O)c2)c1. The molecule has 0 saturated heterocycles. The fourth-order valence-corrected chi connectivity index (χ4v) is 2.11. The lowest BCUT2D eigenvalue weighted by molar-refractivity contribution is -0.122. The normalized spacial score (nSPS) is 11.5. The standard InChI is InChI=1S/C19H19NO4/c1-12(21)15-6-4-8-17(10-15)20-19(23)14(3)24-18-9-5-7-16(11-18)13(2)22/h4-11,14H,1-3H3,(H,20,23)/t14-/m1/s1. The Morgan fingerprint density at radius 2 is 1.50 bits per heavy atom. The van der Waals surface area contributed by atoms with Gasteiger partial charge >= 0.3 is 0 Å². The highest BCUT2D eigenvalue weighted by atomic mass is 16.5. The van der Waals surface area contributed by atoms with Crippen molar-refractivity contribution in [1.82, 2.24) is 0 Å². The highest BCUT2D eigenvalue weighted by molar-refractivity contribution is 5.98. The molecule has 2 rings (SSSR count). The number of carbonyl (C=O) groups is 3. The van der Waals surface area contributed by atoms with E-state index in [9.17, 15) is 14.4 Å². The Kier molecular flexibility index (Phi) is 5.47. The Morgan fingerprint density at radius 3 is 2.12 bits per heavy atom. The molecule has 1 atom stereocenters. The van der Waals surface area contributed by atoms with E-state index in [4.69, 9.17) is 4.74 Å². The first-order chi connectivity index (χ1) is 11.4. The first-order valence-corrected chi connectivity index (χ1v) is 7.56. The van der Waals surface area contributed by atoms with Gasteiger partial charge in [-0.25, -0.2) is 0 Å². The summed E-state index contributed by atoms with van der Waals surface area (Å²) >= 11 is 0. The number of Topliss-reactive ketones (excluding diaryl/α,β-unsaturated/α-hetero) is 2. The van der Waals surface area contributed by atoms with Gasteiger partial charge in [-0.3, -0.25) is 14.4 Å². The van der Waals surface area contributed by atoms with Crippen LogP contribution in [0.15, 0.2) is 48.5 Å². The Labute approximate surface area is 140 Å². The molecular formula is C19H19NO4. The molecule has 0 bridgehead atoms. The van der Waals surface area contributed by atoms with Crippen LogP contribution in [0.3, 0.4) is 0 Å². The highest BCUT2D eigenvalue weighted by Gasteiger charge is 2.16. The molecule has 2 aromatic rings. The zero-order chi connectivity index (χ0) is 17.7. The lowest BCUT2D eigenvalue weighted by atomic mass is 10.1. The second-order valence-electron chi connectivity index (χ2n) is 5.47. The molecule has 2 aromatic carbocycles. The third-order valence-electron chi connectivity index (χ3n) is 3.46. The number of carbonyl (C=O) groups excluding carboxylic acids is 3. The van der Waals surface area contributed by atoms with Crippen LogP contribution < -0.4 is 10.1 Å². The number of hydrogen-bond donors (Lipinski definition) is 1. The van der Waals surface area contributed by atoms with Crippen LogP contribution in [0, 0.1) is 0 Å². The van der Waals surface area contributed by atoms with E-state index in [1.807, 2.05) is 0 Å². The van der Waals surface area contributed by atoms with Crippen molar-refractivity contribution in [3.05, 3.63) is 59.7 Å². The molecule has 0 aliphatic carbocycles. The van der Waals surface area contributed by atoms with Gasteiger partial charge in [0.05, 0.1) is 0 Å². The summed E-state index contributed by atoms with van der Waals surface area (Å²) in [6, 6.07) is 13.4. The number of nitrogens with one attached hydrogen (secondary N) is 1. The van der Waals surface area contributed by atoms with Gasteiger partial charge < -0.3 is 10.1 Å². The number of anilines is 1. The van der Waals surface area contributed by atoms with E-state index >= 15 is 0 Å². The number of hydrogen-bond acceptors (Lipinski definition) is 4. The number of ether oxygens (including phenoxy) is 1. The second kappa shape index (κ2) is 7.55. The van der Waals surface area contributed by atoms with Crippen LogP contribution >= 0.6 is 0 Å². The van der Waals surface area contributed by atoms with Gasteiger partial charge in [0, 0.05) is 16.8 Å². The minimum absolute atomic E-state index is 0.0707. The summed E-state index contributed by atoms with van der Waals surface area (Å²) in [6.07, 6.45) is -0.756. The number of benzene rings is 2. The average Bonchev–Trinajstić information content (AvgIpc) is 2.55. The van der Waals surface area contributed by atoms with E-state index in [0.717, 1.165) is 0 Å². The largest absolute Gasteiger partial charge is 0.481 e. The number of ketones is 2. The topological polar surface area (TPSA) is 72.5 Å². The van der Waals surface area contributed by atoms with Gasteiger partial charge in [-0.2, -0.15) is 0 Å². The third kappa shape index (κ3) is 4.52. The molecule has 0 aliphatic rings. The molecule has 0 radical (unpaired) electrons. The first kappa shape index (κ1) is 17.4. The number of amides is 1. The minimum atomic E-state index is -0.756. The maximum Gasteiger partial charge on any atom is 0.265 e. The van der Waals surface area contributed by atoms with Crippen molar-refractivity contribution in [3.63, 3.8) is 0 Å². The molecule has 0 unspecified atom stereocenters. The lowest BCUT2D eigenvalue weighted by Gasteiger charge is -2.15. The first-order valence-electron chi connectivity index (χ1n) is 7.56. The van der Waals surface area contributed by atoms with E-state index in [1.165, 1.54) is 13.8 Å². The lowest BCUT2D eigenvalue weighted by Crippen LogP contribution is -2.30. The van der Waals surface area contributed by atoms with E-state index in [-0.39, 0.29) is 17.5 Å². The summed E-state index contributed by atoms with van der Waals surface area (Å²) in [7, 11) is 0. The molecule has 1 amide bonds. The molecule has 0 fully saturated rings. The van der Waals surface area contributed by atoms with Crippen molar-refractivity contribution >= 4 is 23.2 Å². The molecule has 5 nitrogen and oxygen atoms in total. The molecule has 5 heteroatoms. The van der Waals surface area contributed by atoms with Gasteiger partial charge in [-0.1, -0.05) is 24.3 Å². The van der Waals surface area contributed by atoms with Gasteiger partial charge in [0.2, 0.25) is 0 Å². The van der Waals surface area contributed by atoms with Crippen LogP contribution in [0.2, 0.25) is 0 Å². The van der Waals surface area contributed by atoms with Gasteiger partial charge in [0.1, 0.15) is 5.75 Å².